The number of carboxylic acid groups (broad SMARTS) is 1. The molecule has 0 aromatic carbocycles. The van der Waals surface area contributed by atoms with Crippen LogP contribution < -0.4 is 5.32 Å². The molecule has 1 atom stereocenters. The van der Waals surface area contributed by atoms with Crippen LogP contribution in [-0.2, 0) is 0 Å². The van der Waals surface area contributed by atoms with E-state index in [4.69, 9.17) is 5.11 Å². The molecule has 1 amide bonds. The maximum absolute atomic E-state index is 12.1. The number of rotatable bonds is 4. The summed E-state index contributed by atoms with van der Waals surface area (Å²) < 4.78 is 0. The first-order valence-corrected chi connectivity index (χ1v) is 6.85. The van der Waals surface area contributed by atoms with Crippen LogP contribution in [0.15, 0.2) is 30.5 Å². The number of carboxylic acids is 1. The molecule has 1 unspecified atom stereocenters. The first-order valence-electron chi connectivity index (χ1n) is 6.04. The lowest BCUT2D eigenvalue weighted by Crippen LogP contribution is -2.26. The van der Waals surface area contributed by atoms with Crippen LogP contribution in [0.5, 0.6) is 0 Å². The molecule has 5 nitrogen and oxygen atoms in total. The number of hydrogen-bond acceptors (Lipinski definition) is 4. The summed E-state index contributed by atoms with van der Waals surface area (Å²) in [6, 6.07) is 6.61. The molecule has 0 spiro atoms. The molecule has 0 fully saturated rings. The van der Waals surface area contributed by atoms with Gasteiger partial charge in [0, 0.05) is 21.5 Å². The maximum Gasteiger partial charge on any atom is 0.354 e. The minimum Gasteiger partial charge on any atom is -0.477 e. The molecule has 0 bridgehead atoms. The molecule has 0 aliphatic carbocycles. The first kappa shape index (κ1) is 14.2. The van der Waals surface area contributed by atoms with Crippen LogP contribution in [0, 0.1) is 6.92 Å². The van der Waals surface area contributed by atoms with Crippen molar-refractivity contribution >= 4 is 23.2 Å². The molecule has 0 aliphatic heterocycles. The number of nitrogens with one attached hydrogen (secondary N) is 1. The summed E-state index contributed by atoms with van der Waals surface area (Å²) in [6.45, 7) is 3.90. The Morgan fingerprint density at radius 2 is 2.10 bits per heavy atom. The zero-order chi connectivity index (χ0) is 14.7. The fourth-order valence-electron chi connectivity index (χ4n) is 1.73. The van der Waals surface area contributed by atoms with Gasteiger partial charge in [-0.2, -0.15) is 0 Å². The molecular formula is C14H14N2O3S. The van der Waals surface area contributed by atoms with Crippen LogP contribution in [0.3, 0.4) is 0 Å². The van der Waals surface area contributed by atoms with Gasteiger partial charge in [0.15, 0.2) is 0 Å². The van der Waals surface area contributed by atoms with Gasteiger partial charge in [-0.25, -0.2) is 9.78 Å². The summed E-state index contributed by atoms with van der Waals surface area (Å²) >= 11 is 1.62. The highest BCUT2D eigenvalue weighted by atomic mass is 32.1. The number of pyridine rings is 1. The molecule has 0 aliphatic rings. The summed E-state index contributed by atoms with van der Waals surface area (Å²) in [5.74, 6) is -1.46. The van der Waals surface area contributed by atoms with E-state index in [9.17, 15) is 9.59 Å². The molecular weight excluding hydrogens is 276 g/mol. The van der Waals surface area contributed by atoms with E-state index in [1.807, 2.05) is 26.0 Å². The summed E-state index contributed by atoms with van der Waals surface area (Å²) in [7, 11) is 0. The highest BCUT2D eigenvalue weighted by molar-refractivity contribution is 7.12. The van der Waals surface area contributed by atoms with Crippen molar-refractivity contribution in [2.45, 2.75) is 19.9 Å². The maximum atomic E-state index is 12.1. The highest BCUT2D eigenvalue weighted by Crippen LogP contribution is 2.22. The second-order valence-electron chi connectivity index (χ2n) is 4.38. The molecule has 2 heterocycles. The van der Waals surface area contributed by atoms with Crippen LogP contribution >= 0.6 is 11.3 Å². The summed E-state index contributed by atoms with van der Waals surface area (Å²) in [6.07, 6.45) is 1.32. The Balaban J connectivity index is 2.12. The Morgan fingerprint density at radius 3 is 2.70 bits per heavy atom. The summed E-state index contributed by atoms with van der Waals surface area (Å²) in [5, 5.41) is 11.7. The fraction of sp³-hybridized carbons (Fsp3) is 0.214. The molecule has 2 aromatic heterocycles. The molecule has 20 heavy (non-hydrogen) atoms. The average molecular weight is 290 g/mol. The number of hydrogen-bond donors (Lipinski definition) is 2. The van der Waals surface area contributed by atoms with Crippen LogP contribution in [0.2, 0.25) is 0 Å². The fourth-order valence-corrected chi connectivity index (χ4v) is 2.61. The van der Waals surface area contributed by atoms with Gasteiger partial charge in [-0.3, -0.25) is 4.79 Å². The first-order chi connectivity index (χ1) is 9.47. The Hall–Kier alpha value is -2.21. The SMILES string of the molecule is Cc1ccc(C(C)NC(=O)c2ccnc(C(=O)O)c2)s1. The van der Waals surface area contributed by atoms with Crippen molar-refractivity contribution in [1.29, 1.82) is 0 Å². The van der Waals surface area contributed by atoms with E-state index >= 15 is 0 Å². The lowest BCUT2D eigenvalue weighted by Gasteiger charge is -2.12. The minimum atomic E-state index is -1.15. The van der Waals surface area contributed by atoms with Gasteiger partial charge in [0.25, 0.3) is 5.91 Å². The third-order valence-corrected chi connectivity index (χ3v) is 3.96. The topological polar surface area (TPSA) is 79.3 Å². The van der Waals surface area contributed by atoms with E-state index < -0.39 is 5.97 Å². The van der Waals surface area contributed by atoms with Gasteiger partial charge in [0.05, 0.1) is 6.04 Å². The molecule has 2 rings (SSSR count). The zero-order valence-electron chi connectivity index (χ0n) is 11.1. The number of thiophene rings is 1. The summed E-state index contributed by atoms with van der Waals surface area (Å²) in [4.78, 5) is 28.8. The smallest absolute Gasteiger partial charge is 0.354 e. The Kier molecular flexibility index (Phi) is 4.14. The quantitative estimate of drug-likeness (QED) is 0.907. The molecule has 0 saturated carbocycles. The zero-order valence-corrected chi connectivity index (χ0v) is 11.9. The van der Waals surface area contributed by atoms with Crippen LogP contribution in [0.4, 0.5) is 0 Å². The van der Waals surface area contributed by atoms with Crippen molar-refractivity contribution in [3.05, 3.63) is 51.5 Å². The number of aromatic carboxylic acids is 1. The second-order valence-corrected chi connectivity index (χ2v) is 5.70. The predicted molar refractivity (Wildman–Crippen MR) is 76.1 cm³/mol. The van der Waals surface area contributed by atoms with E-state index in [0.29, 0.717) is 0 Å². The number of amides is 1. The minimum absolute atomic E-state index is 0.123. The lowest BCUT2D eigenvalue weighted by molar-refractivity contribution is 0.0690. The molecule has 2 aromatic rings. The van der Waals surface area contributed by atoms with Crippen molar-refractivity contribution in [3.63, 3.8) is 0 Å². The van der Waals surface area contributed by atoms with Crippen molar-refractivity contribution < 1.29 is 14.7 Å². The molecule has 6 heteroatoms. The van der Waals surface area contributed by atoms with E-state index in [0.717, 1.165) is 4.88 Å². The number of nitrogens with zero attached hydrogens (tertiary/aromatic N) is 1. The predicted octanol–water partition coefficient (Wildman–Crippen LogP) is 2.64. The van der Waals surface area contributed by atoms with Crippen LogP contribution in [-0.4, -0.2) is 22.0 Å². The van der Waals surface area contributed by atoms with Crippen molar-refractivity contribution in [2.24, 2.45) is 0 Å². The number of carbonyl (C=O) groups is 2. The highest BCUT2D eigenvalue weighted by Gasteiger charge is 2.14. The van der Waals surface area contributed by atoms with E-state index in [-0.39, 0.29) is 23.2 Å². The average Bonchev–Trinajstić information content (AvgIpc) is 2.85. The molecule has 2 N–H and O–H groups in total. The van der Waals surface area contributed by atoms with Gasteiger partial charge >= 0.3 is 5.97 Å². The normalized spacial score (nSPS) is 11.9. The van der Waals surface area contributed by atoms with E-state index in [1.165, 1.54) is 23.2 Å². The largest absolute Gasteiger partial charge is 0.477 e. The van der Waals surface area contributed by atoms with Gasteiger partial charge in [0.2, 0.25) is 0 Å². The standard InChI is InChI=1S/C14H14N2O3S/c1-8-3-4-12(20-8)9(2)16-13(17)10-5-6-15-11(7-10)14(18)19/h3-7,9H,1-2H3,(H,16,17)(H,18,19). The van der Waals surface area contributed by atoms with Crippen molar-refractivity contribution in [2.75, 3.05) is 0 Å². The van der Waals surface area contributed by atoms with Gasteiger partial charge in [0.1, 0.15) is 5.69 Å². The third kappa shape index (κ3) is 3.21. The number of aryl methyl sites for hydroxylation is 1. The van der Waals surface area contributed by atoms with Gasteiger partial charge in [-0.15, -0.1) is 11.3 Å². The van der Waals surface area contributed by atoms with Gasteiger partial charge in [-0.1, -0.05) is 0 Å². The monoisotopic (exact) mass is 290 g/mol. The Bertz CT molecular complexity index is 651. The number of carbonyl (C=O) groups excluding carboxylic acids is 1. The second kappa shape index (κ2) is 5.83. The van der Waals surface area contributed by atoms with Crippen LogP contribution in [0.25, 0.3) is 0 Å². The molecule has 0 saturated heterocycles. The Morgan fingerprint density at radius 1 is 1.35 bits per heavy atom. The number of aromatic nitrogens is 1. The third-order valence-electron chi connectivity index (χ3n) is 2.78. The van der Waals surface area contributed by atoms with E-state index in [2.05, 4.69) is 10.3 Å². The lowest BCUT2D eigenvalue weighted by atomic mass is 10.2. The van der Waals surface area contributed by atoms with E-state index in [1.54, 1.807) is 11.3 Å². The van der Waals surface area contributed by atoms with Gasteiger partial charge in [-0.05, 0) is 38.1 Å². The molecule has 104 valence electrons. The van der Waals surface area contributed by atoms with Gasteiger partial charge < -0.3 is 10.4 Å². The van der Waals surface area contributed by atoms with Crippen LogP contribution in [0.1, 0.15) is 43.6 Å². The van der Waals surface area contributed by atoms with Crippen molar-refractivity contribution in [1.82, 2.24) is 10.3 Å². The molecule has 0 radical (unpaired) electrons. The summed E-state index contributed by atoms with van der Waals surface area (Å²) in [5.41, 5.74) is 0.148. The Labute approximate surface area is 120 Å². The van der Waals surface area contributed by atoms with Crippen molar-refractivity contribution in [3.8, 4) is 0 Å².